The van der Waals surface area contributed by atoms with Crippen LogP contribution in [0.2, 0.25) is 0 Å². The first kappa shape index (κ1) is 20.5. The van der Waals surface area contributed by atoms with Crippen molar-refractivity contribution >= 4 is 56.0 Å². The van der Waals surface area contributed by atoms with Crippen LogP contribution < -0.4 is 5.32 Å². The monoisotopic (exact) mass is 463 g/mol. The molecule has 6 aromatic rings. The number of benzene rings is 3. The molecule has 0 radical (unpaired) electrons. The number of aromatic nitrogens is 4. The number of amides is 1. The molecule has 0 atom stereocenters. The predicted octanol–water partition coefficient (Wildman–Crippen LogP) is 6.20. The smallest absolute Gasteiger partial charge is 0.226 e. The Morgan fingerprint density at radius 2 is 1.65 bits per heavy atom. The molecule has 0 saturated heterocycles. The van der Waals surface area contributed by atoms with Crippen molar-refractivity contribution in [3.8, 4) is 11.3 Å². The molecule has 0 aliphatic heterocycles. The number of carbonyl (C=O) groups excluding carboxylic acids is 1. The van der Waals surface area contributed by atoms with E-state index in [1.54, 1.807) is 11.3 Å². The molecule has 0 aliphatic rings. The molecule has 0 aliphatic carbocycles. The van der Waals surface area contributed by atoms with E-state index in [1.165, 1.54) is 0 Å². The predicted molar refractivity (Wildman–Crippen MR) is 138 cm³/mol. The lowest BCUT2D eigenvalue weighted by Crippen LogP contribution is -2.14. The van der Waals surface area contributed by atoms with Crippen LogP contribution in [0.1, 0.15) is 11.4 Å². The lowest BCUT2D eigenvalue weighted by atomic mass is 10.1. The van der Waals surface area contributed by atoms with Gasteiger partial charge in [-0.15, -0.1) is 11.3 Å². The van der Waals surface area contributed by atoms with Gasteiger partial charge in [0, 0.05) is 35.0 Å². The quantitative estimate of drug-likeness (QED) is 0.330. The number of anilines is 1. The second kappa shape index (κ2) is 8.35. The molecule has 0 fully saturated rings. The Balaban J connectivity index is 1.24. The van der Waals surface area contributed by atoms with Crippen LogP contribution in [0.5, 0.6) is 0 Å². The minimum absolute atomic E-state index is 0.0445. The standard InChI is InChI=1S/C27H21N5OS/c1-17-28-23(16-34-17)18-10-12-19(13-11-18)29-25(33)14-15-32-24-9-5-2-6-20(24)26-27(32)31-22-8-4-3-7-21(22)30-26/h2-13,16H,14-15H2,1H3,(H,29,33). The van der Waals surface area contributed by atoms with Crippen LogP contribution in [0.4, 0.5) is 5.69 Å². The highest BCUT2D eigenvalue weighted by Crippen LogP contribution is 2.28. The van der Waals surface area contributed by atoms with Crippen molar-refractivity contribution in [1.29, 1.82) is 0 Å². The molecule has 3 heterocycles. The van der Waals surface area contributed by atoms with Gasteiger partial charge in [0.15, 0.2) is 5.65 Å². The maximum Gasteiger partial charge on any atom is 0.226 e. The minimum atomic E-state index is -0.0445. The van der Waals surface area contributed by atoms with Gasteiger partial charge < -0.3 is 9.88 Å². The number of para-hydroxylation sites is 3. The first-order valence-electron chi connectivity index (χ1n) is 11.1. The van der Waals surface area contributed by atoms with Crippen molar-refractivity contribution in [2.75, 3.05) is 5.32 Å². The Kier molecular flexibility index (Phi) is 5.04. The van der Waals surface area contributed by atoms with Gasteiger partial charge in [-0.25, -0.2) is 15.0 Å². The molecule has 34 heavy (non-hydrogen) atoms. The van der Waals surface area contributed by atoms with E-state index in [-0.39, 0.29) is 5.91 Å². The Morgan fingerprint density at radius 3 is 2.41 bits per heavy atom. The second-order valence-corrected chi connectivity index (χ2v) is 9.24. The normalized spacial score (nSPS) is 11.4. The number of fused-ring (bicyclic) bond motifs is 4. The molecule has 7 heteroatoms. The zero-order valence-electron chi connectivity index (χ0n) is 18.5. The average molecular weight is 464 g/mol. The molecule has 6 rings (SSSR count). The Hall–Kier alpha value is -4.10. The van der Waals surface area contributed by atoms with Gasteiger partial charge in [-0.2, -0.15) is 0 Å². The highest BCUT2D eigenvalue weighted by molar-refractivity contribution is 7.09. The fourth-order valence-electron chi connectivity index (χ4n) is 4.27. The van der Waals surface area contributed by atoms with Crippen LogP contribution in [0.25, 0.3) is 44.4 Å². The molecular formula is C27H21N5OS. The third-order valence-corrected chi connectivity index (χ3v) is 6.68. The van der Waals surface area contributed by atoms with Crippen LogP contribution in [0.3, 0.4) is 0 Å². The van der Waals surface area contributed by atoms with Gasteiger partial charge in [-0.1, -0.05) is 42.5 Å². The fourth-order valence-corrected chi connectivity index (χ4v) is 4.89. The summed E-state index contributed by atoms with van der Waals surface area (Å²) in [5, 5.41) is 7.13. The van der Waals surface area contributed by atoms with Crippen molar-refractivity contribution in [1.82, 2.24) is 19.5 Å². The van der Waals surface area contributed by atoms with E-state index in [1.807, 2.05) is 73.0 Å². The lowest BCUT2D eigenvalue weighted by molar-refractivity contribution is -0.116. The van der Waals surface area contributed by atoms with Crippen molar-refractivity contribution in [2.45, 2.75) is 19.9 Å². The van der Waals surface area contributed by atoms with Gasteiger partial charge in [0.2, 0.25) is 5.91 Å². The molecule has 166 valence electrons. The Morgan fingerprint density at radius 1 is 0.912 bits per heavy atom. The molecule has 1 N–H and O–H groups in total. The van der Waals surface area contributed by atoms with Gasteiger partial charge >= 0.3 is 0 Å². The maximum atomic E-state index is 12.8. The van der Waals surface area contributed by atoms with Gasteiger partial charge in [0.1, 0.15) is 5.52 Å². The van der Waals surface area contributed by atoms with Crippen LogP contribution in [0.15, 0.2) is 78.2 Å². The molecule has 6 nitrogen and oxygen atoms in total. The number of hydrogen-bond donors (Lipinski definition) is 1. The van der Waals surface area contributed by atoms with Crippen LogP contribution in [0, 0.1) is 6.92 Å². The number of nitrogens with one attached hydrogen (secondary N) is 1. The Bertz CT molecular complexity index is 1670. The largest absolute Gasteiger partial charge is 0.326 e. The summed E-state index contributed by atoms with van der Waals surface area (Å²) in [6, 6.07) is 23.8. The van der Waals surface area contributed by atoms with Crippen LogP contribution >= 0.6 is 11.3 Å². The second-order valence-electron chi connectivity index (χ2n) is 8.18. The third kappa shape index (κ3) is 3.70. The summed E-state index contributed by atoms with van der Waals surface area (Å²) in [7, 11) is 0. The molecule has 1 amide bonds. The molecule has 0 saturated carbocycles. The van der Waals surface area contributed by atoms with Crippen molar-refractivity contribution in [2.24, 2.45) is 0 Å². The number of hydrogen-bond acceptors (Lipinski definition) is 5. The summed E-state index contributed by atoms with van der Waals surface area (Å²) >= 11 is 1.63. The zero-order chi connectivity index (χ0) is 23.1. The van der Waals surface area contributed by atoms with Gasteiger partial charge in [0.25, 0.3) is 0 Å². The molecule has 0 unspecified atom stereocenters. The number of nitrogens with zero attached hydrogens (tertiary/aromatic N) is 4. The van der Waals surface area contributed by atoms with Gasteiger partial charge in [-0.3, -0.25) is 4.79 Å². The topological polar surface area (TPSA) is 72.7 Å². The highest BCUT2D eigenvalue weighted by atomic mass is 32.1. The summed E-state index contributed by atoms with van der Waals surface area (Å²) in [6.07, 6.45) is 0.329. The maximum absolute atomic E-state index is 12.8. The summed E-state index contributed by atoms with van der Waals surface area (Å²) in [5.41, 5.74) is 7.18. The summed E-state index contributed by atoms with van der Waals surface area (Å²) in [4.78, 5) is 27.0. The zero-order valence-corrected chi connectivity index (χ0v) is 19.3. The Labute approximate surface area is 199 Å². The van der Waals surface area contributed by atoms with Crippen molar-refractivity contribution in [3.63, 3.8) is 0 Å². The van der Waals surface area contributed by atoms with E-state index in [2.05, 4.69) is 27.0 Å². The van der Waals surface area contributed by atoms with E-state index in [0.717, 1.165) is 55.1 Å². The molecule has 0 bridgehead atoms. The lowest BCUT2D eigenvalue weighted by Gasteiger charge is -2.09. The fraction of sp³-hybridized carbons (Fsp3) is 0.111. The minimum Gasteiger partial charge on any atom is -0.326 e. The number of thiazole rings is 1. The molecule has 3 aromatic carbocycles. The van der Waals surface area contributed by atoms with Gasteiger partial charge in [-0.05, 0) is 37.3 Å². The van der Waals surface area contributed by atoms with Gasteiger partial charge in [0.05, 0.1) is 27.3 Å². The van der Waals surface area contributed by atoms with Crippen LogP contribution in [-0.4, -0.2) is 25.4 Å². The van der Waals surface area contributed by atoms with E-state index in [4.69, 9.17) is 9.97 Å². The van der Waals surface area contributed by atoms with E-state index in [9.17, 15) is 4.79 Å². The third-order valence-electron chi connectivity index (χ3n) is 5.90. The average Bonchev–Trinajstić information content (AvgIpc) is 3.43. The number of rotatable bonds is 5. The molecule has 0 spiro atoms. The van der Waals surface area contributed by atoms with E-state index < -0.39 is 0 Å². The highest BCUT2D eigenvalue weighted by Gasteiger charge is 2.15. The SMILES string of the molecule is Cc1nc(-c2ccc(NC(=O)CCn3c4ccccc4c4nc5ccccc5nc43)cc2)cs1. The number of aryl methyl sites for hydroxylation is 2. The first-order chi connectivity index (χ1) is 16.7. The first-order valence-corrected chi connectivity index (χ1v) is 12.0. The number of carbonyl (C=O) groups is 1. The molecule has 3 aromatic heterocycles. The summed E-state index contributed by atoms with van der Waals surface area (Å²) < 4.78 is 2.09. The van der Waals surface area contributed by atoms with E-state index >= 15 is 0 Å². The van der Waals surface area contributed by atoms with Crippen molar-refractivity contribution in [3.05, 3.63) is 83.2 Å². The van der Waals surface area contributed by atoms with Crippen molar-refractivity contribution < 1.29 is 4.79 Å². The summed E-state index contributed by atoms with van der Waals surface area (Å²) in [5.74, 6) is -0.0445. The molecular weight excluding hydrogens is 442 g/mol. The summed E-state index contributed by atoms with van der Waals surface area (Å²) in [6.45, 7) is 2.51. The van der Waals surface area contributed by atoms with E-state index in [0.29, 0.717) is 13.0 Å². The van der Waals surface area contributed by atoms with Crippen LogP contribution in [-0.2, 0) is 11.3 Å².